The van der Waals surface area contributed by atoms with Crippen LogP contribution in [0.2, 0.25) is 5.02 Å². The molecule has 38 heavy (non-hydrogen) atoms. The fourth-order valence-electron chi connectivity index (χ4n) is 4.20. The van der Waals surface area contributed by atoms with Crippen LogP contribution in [-0.2, 0) is 19.6 Å². The lowest BCUT2D eigenvalue weighted by Crippen LogP contribution is -2.43. The van der Waals surface area contributed by atoms with Gasteiger partial charge in [0.15, 0.2) is 11.6 Å². The van der Waals surface area contributed by atoms with E-state index in [4.69, 9.17) is 16.3 Å². The quantitative estimate of drug-likeness (QED) is 0.231. The van der Waals surface area contributed by atoms with E-state index in [1.807, 2.05) is 0 Å². The van der Waals surface area contributed by atoms with E-state index in [2.05, 4.69) is 16.2 Å². The molecular formula is C24H29ClF3N3O6S. The van der Waals surface area contributed by atoms with Gasteiger partial charge in [-0.2, -0.15) is 21.6 Å². The van der Waals surface area contributed by atoms with E-state index in [0.717, 1.165) is 37.8 Å². The van der Waals surface area contributed by atoms with Gasteiger partial charge in [0.05, 0.1) is 17.3 Å². The minimum absolute atomic E-state index is 0.00850. The van der Waals surface area contributed by atoms with Crippen molar-refractivity contribution in [2.45, 2.75) is 64.9 Å². The molecule has 1 saturated carbocycles. The van der Waals surface area contributed by atoms with Gasteiger partial charge in [-0.05, 0) is 70.6 Å². The van der Waals surface area contributed by atoms with Gasteiger partial charge in [-0.3, -0.25) is 9.69 Å². The number of esters is 1. The van der Waals surface area contributed by atoms with Crippen LogP contribution in [0.4, 0.5) is 19.0 Å². The van der Waals surface area contributed by atoms with E-state index < -0.39 is 32.4 Å². The van der Waals surface area contributed by atoms with Crippen LogP contribution in [0, 0.1) is 11.8 Å². The number of anilines is 1. The Morgan fingerprint density at radius 1 is 1.21 bits per heavy atom. The number of rotatable bonds is 8. The highest BCUT2D eigenvalue weighted by atomic mass is 35.5. The van der Waals surface area contributed by atoms with Gasteiger partial charge in [-0.1, -0.05) is 18.5 Å². The van der Waals surface area contributed by atoms with Crippen molar-refractivity contribution in [3.63, 3.8) is 0 Å². The molecule has 1 aromatic carbocycles. The number of carbonyl (C=O) groups is 2. The van der Waals surface area contributed by atoms with Crippen LogP contribution in [0.3, 0.4) is 0 Å². The number of hydrogen-bond donors (Lipinski definition) is 0. The molecule has 9 nitrogen and oxygen atoms in total. The van der Waals surface area contributed by atoms with Gasteiger partial charge in [0.1, 0.15) is 5.56 Å². The zero-order valence-electron chi connectivity index (χ0n) is 21.3. The third-order valence-corrected chi connectivity index (χ3v) is 7.46. The van der Waals surface area contributed by atoms with E-state index in [9.17, 15) is 31.2 Å². The predicted molar refractivity (Wildman–Crippen MR) is 134 cm³/mol. The molecule has 3 rings (SSSR count). The summed E-state index contributed by atoms with van der Waals surface area (Å²) < 4.78 is 71.3. The van der Waals surface area contributed by atoms with Gasteiger partial charge in [-0.25, -0.2) is 9.48 Å². The van der Waals surface area contributed by atoms with Gasteiger partial charge in [0, 0.05) is 18.2 Å². The summed E-state index contributed by atoms with van der Waals surface area (Å²) in [7, 11) is -5.93. The number of nitrogens with zero attached hydrogens (tertiary/aromatic N) is 3. The average molecular weight is 580 g/mol. The van der Waals surface area contributed by atoms with E-state index in [1.54, 1.807) is 20.8 Å². The zero-order chi connectivity index (χ0) is 28.4. The molecule has 1 aliphatic carbocycles. The molecule has 0 N–H and O–H groups in total. The normalized spacial score (nSPS) is 18.3. The highest BCUT2D eigenvalue weighted by Crippen LogP contribution is 2.35. The summed E-state index contributed by atoms with van der Waals surface area (Å²) in [6.07, 6.45) is 4.59. The first-order chi connectivity index (χ1) is 17.7. The van der Waals surface area contributed by atoms with Crippen molar-refractivity contribution in [1.29, 1.82) is 0 Å². The summed E-state index contributed by atoms with van der Waals surface area (Å²) in [5.74, 6) is -1.25. The highest BCUT2D eigenvalue weighted by Gasteiger charge is 2.48. The lowest BCUT2D eigenvalue weighted by molar-refractivity contribution is -0.124. The Kier molecular flexibility index (Phi) is 9.02. The van der Waals surface area contributed by atoms with Crippen molar-refractivity contribution in [3.8, 4) is 11.4 Å². The van der Waals surface area contributed by atoms with Crippen molar-refractivity contribution in [2.75, 3.05) is 11.5 Å². The second-order valence-corrected chi connectivity index (χ2v) is 11.3. The lowest BCUT2D eigenvalue weighted by atomic mass is 9.82. The van der Waals surface area contributed by atoms with Crippen molar-refractivity contribution < 1.29 is 40.1 Å². The van der Waals surface area contributed by atoms with Gasteiger partial charge in [0.25, 0.3) is 0 Å². The van der Waals surface area contributed by atoms with Crippen molar-refractivity contribution in [2.24, 2.45) is 11.8 Å². The standard InChI is InChI=1S/C24H29ClF3N3O6S/c1-5-36-23(33)18-13-30(17-10-11-20(19(25)12-17)37-38(34,35)24(26,27)28)29-21(18)31(14(2)3)22(32)16-8-6-15(4)7-9-16/h10-16H,5-9H2,1-4H3/t15-,16-. The number of ether oxygens (including phenoxy) is 1. The molecule has 1 aliphatic rings. The predicted octanol–water partition coefficient (Wildman–Crippen LogP) is 5.50. The van der Waals surface area contributed by atoms with Crippen LogP contribution in [0.5, 0.6) is 5.75 Å². The maximum atomic E-state index is 13.6. The smallest absolute Gasteiger partial charge is 0.462 e. The number of benzene rings is 1. The maximum absolute atomic E-state index is 13.6. The van der Waals surface area contributed by atoms with Crippen LogP contribution in [0.25, 0.3) is 5.69 Å². The van der Waals surface area contributed by atoms with Crippen LogP contribution < -0.4 is 9.08 Å². The summed E-state index contributed by atoms with van der Waals surface area (Å²) in [4.78, 5) is 27.9. The lowest BCUT2D eigenvalue weighted by Gasteiger charge is -2.32. The molecular weight excluding hydrogens is 551 g/mol. The topological polar surface area (TPSA) is 108 Å². The molecule has 0 unspecified atom stereocenters. The van der Waals surface area contributed by atoms with Gasteiger partial charge in [0.2, 0.25) is 5.91 Å². The Hall–Kier alpha value is -2.80. The van der Waals surface area contributed by atoms with Gasteiger partial charge < -0.3 is 8.92 Å². The molecule has 0 aliphatic heterocycles. The first kappa shape index (κ1) is 29.8. The van der Waals surface area contributed by atoms with Crippen molar-refractivity contribution in [1.82, 2.24) is 9.78 Å². The third-order valence-electron chi connectivity index (χ3n) is 6.20. The van der Waals surface area contributed by atoms with Crippen molar-refractivity contribution >= 4 is 39.4 Å². The molecule has 1 fully saturated rings. The van der Waals surface area contributed by atoms with Crippen LogP contribution in [0.1, 0.15) is 63.7 Å². The number of amides is 1. The second-order valence-electron chi connectivity index (χ2n) is 9.39. The molecule has 1 amide bonds. The summed E-state index contributed by atoms with van der Waals surface area (Å²) in [5.41, 5.74) is -5.45. The first-order valence-electron chi connectivity index (χ1n) is 12.1. The van der Waals surface area contributed by atoms with E-state index in [-0.39, 0.29) is 41.5 Å². The molecule has 0 radical (unpaired) electrons. The Morgan fingerprint density at radius 2 is 1.84 bits per heavy atom. The van der Waals surface area contributed by atoms with Gasteiger partial charge >= 0.3 is 21.6 Å². The Bertz CT molecular complexity index is 1290. The number of aromatic nitrogens is 2. The largest absolute Gasteiger partial charge is 0.534 e. The van der Waals surface area contributed by atoms with Crippen LogP contribution in [0.15, 0.2) is 24.4 Å². The molecule has 14 heteroatoms. The summed E-state index contributed by atoms with van der Waals surface area (Å²) in [5, 5.41) is 4.00. The molecule has 0 atom stereocenters. The minimum atomic E-state index is -5.93. The molecule has 0 bridgehead atoms. The molecule has 210 valence electrons. The molecule has 2 aromatic rings. The summed E-state index contributed by atoms with van der Waals surface area (Å²) in [6, 6.07) is 2.91. The first-order valence-corrected chi connectivity index (χ1v) is 13.8. The Labute approximate surface area is 224 Å². The Morgan fingerprint density at radius 3 is 2.37 bits per heavy atom. The van der Waals surface area contributed by atoms with E-state index in [1.165, 1.54) is 21.8 Å². The molecule has 1 heterocycles. The number of hydrogen-bond acceptors (Lipinski definition) is 7. The average Bonchev–Trinajstić information content (AvgIpc) is 3.25. The monoisotopic (exact) mass is 579 g/mol. The number of alkyl halides is 3. The maximum Gasteiger partial charge on any atom is 0.534 e. The Balaban J connectivity index is 2.02. The molecule has 1 aromatic heterocycles. The van der Waals surface area contributed by atoms with Crippen LogP contribution in [-0.4, -0.2) is 48.2 Å². The fraction of sp³-hybridized carbons (Fsp3) is 0.542. The van der Waals surface area contributed by atoms with Gasteiger partial charge in [-0.15, -0.1) is 5.10 Å². The minimum Gasteiger partial charge on any atom is -0.462 e. The summed E-state index contributed by atoms with van der Waals surface area (Å²) >= 11 is 6.02. The van der Waals surface area contributed by atoms with E-state index in [0.29, 0.717) is 5.92 Å². The molecule has 0 spiro atoms. The summed E-state index contributed by atoms with van der Waals surface area (Å²) in [6.45, 7) is 7.43. The van der Waals surface area contributed by atoms with Crippen molar-refractivity contribution in [3.05, 3.63) is 35.0 Å². The second kappa shape index (κ2) is 11.5. The number of halogens is 4. The van der Waals surface area contributed by atoms with E-state index >= 15 is 0 Å². The highest BCUT2D eigenvalue weighted by molar-refractivity contribution is 7.88. The zero-order valence-corrected chi connectivity index (χ0v) is 22.9. The number of carbonyl (C=O) groups excluding carboxylic acids is 2. The third kappa shape index (κ3) is 6.42. The fourth-order valence-corrected chi connectivity index (χ4v) is 4.94. The SMILES string of the molecule is CCOC(=O)c1cn(-c2ccc(OS(=O)(=O)C(F)(F)F)c(Cl)c2)nc1N(C(=O)[C@H]1CC[C@H](C)CC1)C(C)C. The molecule has 0 saturated heterocycles. The van der Waals surface area contributed by atoms with Crippen LogP contribution >= 0.6 is 11.6 Å².